The maximum atomic E-state index is 10.8. The highest BCUT2D eigenvalue weighted by Crippen LogP contribution is 2.19. The van der Waals surface area contributed by atoms with Crippen molar-refractivity contribution in [2.75, 3.05) is 18.4 Å². The lowest BCUT2D eigenvalue weighted by Crippen LogP contribution is -2.26. The van der Waals surface area contributed by atoms with Crippen LogP contribution in [0.1, 0.15) is 12.5 Å². The molecule has 0 atom stereocenters. The van der Waals surface area contributed by atoms with E-state index in [-0.39, 0.29) is 5.91 Å². The van der Waals surface area contributed by atoms with Gasteiger partial charge in [-0.15, -0.1) is 0 Å². The lowest BCUT2D eigenvalue weighted by atomic mass is 10.1. The van der Waals surface area contributed by atoms with E-state index in [0.29, 0.717) is 24.6 Å². The van der Waals surface area contributed by atoms with E-state index < -0.39 is 5.97 Å². The van der Waals surface area contributed by atoms with Crippen LogP contribution in [-0.4, -0.2) is 40.0 Å². The van der Waals surface area contributed by atoms with E-state index in [1.807, 2.05) is 24.3 Å². The minimum atomic E-state index is -0.995. The third-order valence-corrected chi connectivity index (χ3v) is 3.04. The maximum Gasteiger partial charge on any atom is 0.328 e. The Morgan fingerprint density at radius 2 is 2.08 bits per heavy atom. The number of rotatable bonds is 7. The molecule has 2 aromatic rings. The molecule has 1 amide bonds. The molecule has 124 valence electrons. The first-order valence-corrected chi connectivity index (χ1v) is 7.36. The number of hydrogen-bond donors (Lipinski definition) is 3. The number of carboxylic acid groups (broad SMARTS) is 1. The molecule has 0 bridgehead atoms. The fraction of sp³-hybridized carbons (Fsp3) is 0.176. The van der Waals surface area contributed by atoms with Crippen molar-refractivity contribution in [3.63, 3.8) is 0 Å². The lowest BCUT2D eigenvalue weighted by Gasteiger charge is -2.08. The molecule has 0 saturated heterocycles. The molecular formula is C17H18N4O3. The van der Waals surface area contributed by atoms with Crippen molar-refractivity contribution in [3.8, 4) is 11.3 Å². The number of aliphatic carboxylic acids is 1. The summed E-state index contributed by atoms with van der Waals surface area (Å²) in [7, 11) is 0. The quantitative estimate of drug-likeness (QED) is 0.529. The van der Waals surface area contributed by atoms with Crippen molar-refractivity contribution < 1.29 is 14.7 Å². The van der Waals surface area contributed by atoms with Crippen LogP contribution in [0.2, 0.25) is 0 Å². The third-order valence-electron chi connectivity index (χ3n) is 3.04. The lowest BCUT2D eigenvalue weighted by molar-refractivity contribution is -0.131. The fourth-order valence-electron chi connectivity index (χ4n) is 1.99. The third kappa shape index (κ3) is 5.53. The van der Waals surface area contributed by atoms with E-state index in [2.05, 4.69) is 20.6 Å². The van der Waals surface area contributed by atoms with Crippen molar-refractivity contribution in [2.24, 2.45) is 0 Å². The van der Waals surface area contributed by atoms with Crippen LogP contribution in [0.5, 0.6) is 0 Å². The van der Waals surface area contributed by atoms with Crippen LogP contribution in [0, 0.1) is 0 Å². The average molecular weight is 326 g/mol. The summed E-state index contributed by atoms with van der Waals surface area (Å²) in [6.07, 6.45) is 5.85. The monoisotopic (exact) mass is 326 g/mol. The molecule has 1 heterocycles. The zero-order chi connectivity index (χ0) is 17.4. The molecule has 0 aliphatic rings. The summed E-state index contributed by atoms with van der Waals surface area (Å²) in [5.74, 6) is -0.474. The average Bonchev–Trinajstić information content (AvgIpc) is 2.57. The Morgan fingerprint density at radius 1 is 1.25 bits per heavy atom. The topological polar surface area (TPSA) is 104 Å². The van der Waals surface area contributed by atoms with Gasteiger partial charge in [0.1, 0.15) is 5.82 Å². The number of amides is 1. The van der Waals surface area contributed by atoms with Gasteiger partial charge in [-0.3, -0.25) is 9.78 Å². The van der Waals surface area contributed by atoms with Gasteiger partial charge in [0.15, 0.2) is 0 Å². The highest BCUT2D eigenvalue weighted by Gasteiger charge is 2.03. The predicted molar refractivity (Wildman–Crippen MR) is 91.3 cm³/mol. The first kappa shape index (κ1) is 17.1. The largest absolute Gasteiger partial charge is 0.478 e. The number of carbonyl (C=O) groups excluding carboxylic acids is 1. The van der Waals surface area contributed by atoms with Gasteiger partial charge in [0, 0.05) is 31.7 Å². The molecule has 0 unspecified atom stereocenters. The molecule has 0 spiro atoms. The molecule has 0 aliphatic carbocycles. The Morgan fingerprint density at radius 3 is 2.83 bits per heavy atom. The SMILES string of the molecule is CC(=O)NCCNc1cncc(-c2cccc(/C=C/C(=O)O)c2)n1. The van der Waals surface area contributed by atoms with Gasteiger partial charge in [0.25, 0.3) is 0 Å². The number of anilines is 1. The van der Waals surface area contributed by atoms with Crippen LogP contribution >= 0.6 is 0 Å². The second-order valence-corrected chi connectivity index (χ2v) is 5.00. The van der Waals surface area contributed by atoms with E-state index in [4.69, 9.17) is 5.11 Å². The fourth-order valence-corrected chi connectivity index (χ4v) is 1.99. The predicted octanol–water partition coefficient (Wildman–Crippen LogP) is 1.79. The summed E-state index contributed by atoms with van der Waals surface area (Å²) >= 11 is 0. The number of carboxylic acids is 1. The van der Waals surface area contributed by atoms with E-state index in [9.17, 15) is 9.59 Å². The molecule has 24 heavy (non-hydrogen) atoms. The summed E-state index contributed by atoms with van der Waals surface area (Å²) in [5, 5.41) is 14.5. The number of nitrogens with one attached hydrogen (secondary N) is 2. The number of carbonyl (C=O) groups is 2. The molecule has 7 heteroatoms. The standard InChI is InChI=1S/C17H18N4O3/c1-12(22)19-7-8-20-16-11-18-10-15(21-16)14-4-2-3-13(9-14)5-6-17(23)24/h2-6,9-11H,7-8H2,1H3,(H,19,22)(H,20,21)(H,23,24)/b6-5+. The molecule has 0 fully saturated rings. The molecule has 0 radical (unpaired) electrons. The van der Waals surface area contributed by atoms with Gasteiger partial charge in [0.05, 0.1) is 18.1 Å². The minimum absolute atomic E-state index is 0.0807. The summed E-state index contributed by atoms with van der Waals surface area (Å²) in [4.78, 5) is 30.0. The normalized spacial score (nSPS) is 10.5. The van der Waals surface area contributed by atoms with E-state index >= 15 is 0 Å². The zero-order valence-corrected chi connectivity index (χ0v) is 13.2. The molecule has 2 rings (SSSR count). The Labute approximate surface area is 139 Å². The Bertz CT molecular complexity index is 759. The van der Waals surface area contributed by atoms with E-state index in [1.54, 1.807) is 12.4 Å². The molecule has 1 aromatic carbocycles. The van der Waals surface area contributed by atoms with Crippen molar-refractivity contribution >= 4 is 23.8 Å². The van der Waals surface area contributed by atoms with Gasteiger partial charge in [-0.25, -0.2) is 9.78 Å². The summed E-state index contributed by atoms with van der Waals surface area (Å²) in [5.41, 5.74) is 2.27. The van der Waals surface area contributed by atoms with Crippen molar-refractivity contribution in [1.82, 2.24) is 15.3 Å². The van der Waals surface area contributed by atoms with Gasteiger partial charge in [-0.1, -0.05) is 18.2 Å². The molecule has 7 nitrogen and oxygen atoms in total. The number of benzene rings is 1. The Hall–Kier alpha value is -3.22. The molecule has 0 aliphatic heterocycles. The molecule has 0 saturated carbocycles. The van der Waals surface area contributed by atoms with Gasteiger partial charge in [-0.2, -0.15) is 0 Å². The van der Waals surface area contributed by atoms with Crippen LogP contribution in [-0.2, 0) is 9.59 Å². The smallest absolute Gasteiger partial charge is 0.328 e. The number of hydrogen-bond acceptors (Lipinski definition) is 5. The van der Waals surface area contributed by atoms with Crippen LogP contribution in [0.15, 0.2) is 42.7 Å². The van der Waals surface area contributed by atoms with Crippen molar-refractivity contribution in [3.05, 3.63) is 48.3 Å². The zero-order valence-electron chi connectivity index (χ0n) is 13.2. The van der Waals surface area contributed by atoms with Crippen LogP contribution in [0.4, 0.5) is 5.82 Å². The highest BCUT2D eigenvalue weighted by atomic mass is 16.4. The Balaban J connectivity index is 2.09. The van der Waals surface area contributed by atoms with Gasteiger partial charge < -0.3 is 15.7 Å². The molecule has 3 N–H and O–H groups in total. The second-order valence-electron chi connectivity index (χ2n) is 5.00. The maximum absolute atomic E-state index is 10.8. The van der Waals surface area contributed by atoms with Crippen LogP contribution in [0.25, 0.3) is 17.3 Å². The summed E-state index contributed by atoms with van der Waals surface area (Å²) in [6, 6.07) is 7.36. The van der Waals surface area contributed by atoms with Gasteiger partial charge in [-0.05, 0) is 17.7 Å². The molecular weight excluding hydrogens is 308 g/mol. The van der Waals surface area contributed by atoms with E-state index in [0.717, 1.165) is 17.2 Å². The summed E-state index contributed by atoms with van der Waals surface area (Å²) in [6.45, 7) is 2.50. The molecule has 1 aromatic heterocycles. The Kier molecular flexibility index (Phi) is 6.01. The minimum Gasteiger partial charge on any atom is -0.478 e. The van der Waals surface area contributed by atoms with Crippen molar-refractivity contribution in [2.45, 2.75) is 6.92 Å². The second kappa shape index (κ2) is 8.42. The van der Waals surface area contributed by atoms with Gasteiger partial charge in [0.2, 0.25) is 5.91 Å². The first-order chi connectivity index (χ1) is 11.5. The number of nitrogens with zero attached hydrogens (tertiary/aromatic N) is 2. The number of aromatic nitrogens is 2. The van der Waals surface area contributed by atoms with Gasteiger partial charge >= 0.3 is 5.97 Å². The van der Waals surface area contributed by atoms with Crippen molar-refractivity contribution in [1.29, 1.82) is 0 Å². The highest BCUT2D eigenvalue weighted by molar-refractivity contribution is 5.85. The summed E-state index contributed by atoms with van der Waals surface area (Å²) < 4.78 is 0. The van der Waals surface area contributed by atoms with Crippen LogP contribution in [0.3, 0.4) is 0 Å². The first-order valence-electron chi connectivity index (χ1n) is 7.36. The van der Waals surface area contributed by atoms with Crippen LogP contribution < -0.4 is 10.6 Å². The van der Waals surface area contributed by atoms with E-state index in [1.165, 1.54) is 13.0 Å².